The average molecular weight is 373 g/mol. The highest BCUT2D eigenvalue weighted by molar-refractivity contribution is 7.99. The normalized spacial score (nSPS) is 17.0. The molecule has 1 aromatic carbocycles. The van der Waals surface area contributed by atoms with Gasteiger partial charge in [-0.2, -0.15) is 0 Å². The summed E-state index contributed by atoms with van der Waals surface area (Å²) in [6.45, 7) is 0. The van der Waals surface area contributed by atoms with Crippen LogP contribution in [0.25, 0.3) is 11.5 Å². The summed E-state index contributed by atoms with van der Waals surface area (Å²) < 4.78 is 19.3. The Balaban J connectivity index is 1.41. The van der Waals surface area contributed by atoms with Crippen LogP contribution in [-0.4, -0.2) is 32.8 Å². The van der Waals surface area contributed by atoms with Gasteiger partial charge in [0.25, 0.3) is 11.1 Å². The first-order chi connectivity index (χ1) is 12.7. The Morgan fingerprint density at radius 3 is 2.85 bits per heavy atom. The summed E-state index contributed by atoms with van der Waals surface area (Å²) in [6, 6.07) is 6.61. The fourth-order valence-corrected chi connectivity index (χ4v) is 3.80. The maximum atomic E-state index is 13.8. The molecule has 0 atom stereocenters. The number of hydrogen-bond acceptors (Lipinski definition) is 5. The van der Waals surface area contributed by atoms with Crippen molar-refractivity contribution in [3.8, 4) is 11.5 Å². The van der Waals surface area contributed by atoms with E-state index < -0.39 is 5.82 Å². The quantitative estimate of drug-likeness (QED) is 0.702. The number of benzene rings is 1. The third-order valence-electron chi connectivity index (χ3n) is 4.59. The number of aromatic nitrogens is 2. The molecule has 136 valence electrons. The molecular weight excluding hydrogens is 353 g/mol. The molecule has 2 aliphatic rings. The van der Waals surface area contributed by atoms with Crippen LogP contribution in [0.5, 0.6) is 0 Å². The lowest BCUT2D eigenvalue weighted by Crippen LogP contribution is -2.34. The van der Waals surface area contributed by atoms with E-state index in [2.05, 4.69) is 16.3 Å². The zero-order valence-electron chi connectivity index (χ0n) is 14.4. The molecule has 1 amide bonds. The minimum absolute atomic E-state index is 0.0799. The summed E-state index contributed by atoms with van der Waals surface area (Å²) in [6.07, 6.45) is 8.72. The van der Waals surface area contributed by atoms with Gasteiger partial charge in [-0.1, -0.05) is 30.0 Å². The maximum Gasteiger partial charge on any atom is 0.277 e. The molecule has 0 radical (unpaired) electrons. The van der Waals surface area contributed by atoms with Gasteiger partial charge in [0.15, 0.2) is 0 Å². The molecule has 2 aliphatic carbocycles. The zero-order chi connectivity index (χ0) is 17.9. The van der Waals surface area contributed by atoms with Gasteiger partial charge in [-0.3, -0.25) is 4.79 Å². The highest BCUT2D eigenvalue weighted by atomic mass is 32.2. The SMILES string of the molecule is O=C(CSc1nnc(-c2ccccc2F)o1)N(C1=CCCCC1)C1CC1. The molecular formula is C19H20FN3O2S. The molecule has 0 saturated heterocycles. The van der Waals surface area contributed by atoms with E-state index >= 15 is 0 Å². The third-order valence-corrected chi connectivity index (χ3v) is 5.39. The molecule has 2 aromatic rings. The molecule has 26 heavy (non-hydrogen) atoms. The number of amides is 1. The van der Waals surface area contributed by atoms with Crippen molar-refractivity contribution in [3.05, 3.63) is 41.9 Å². The van der Waals surface area contributed by atoms with Crippen molar-refractivity contribution in [1.82, 2.24) is 15.1 Å². The minimum Gasteiger partial charge on any atom is -0.411 e. The van der Waals surface area contributed by atoms with Crippen LogP contribution in [0.2, 0.25) is 0 Å². The number of carbonyl (C=O) groups is 1. The Morgan fingerprint density at radius 1 is 1.27 bits per heavy atom. The Kier molecular flexibility index (Phi) is 5.06. The van der Waals surface area contributed by atoms with E-state index in [1.54, 1.807) is 18.2 Å². The summed E-state index contributed by atoms with van der Waals surface area (Å²) in [5, 5.41) is 8.11. The van der Waals surface area contributed by atoms with Crippen molar-refractivity contribution < 1.29 is 13.6 Å². The maximum absolute atomic E-state index is 13.8. The van der Waals surface area contributed by atoms with Gasteiger partial charge in [-0.25, -0.2) is 4.39 Å². The second-order valence-corrected chi connectivity index (χ2v) is 7.50. The van der Waals surface area contributed by atoms with E-state index in [9.17, 15) is 9.18 Å². The number of halogens is 1. The molecule has 5 nitrogen and oxygen atoms in total. The summed E-state index contributed by atoms with van der Waals surface area (Å²) in [4.78, 5) is 14.7. The fourth-order valence-electron chi connectivity index (χ4n) is 3.18. The van der Waals surface area contributed by atoms with Crippen LogP contribution in [-0.2, 0) is 4.79 Å². The lowest BCUT2D eigenvalue weighted by atomic mass is 10.0. The summed E-state index contributed by atoms with van der Waals surface area (Å²) >= 11 is 1.21. The first kappa shape index (κ1) is 17.3. The van der Waals surface area contributed by atoms with E-state index in [4.69, 9.17) is 4.42 Å². The first-order valence-corrected chi connectivity index (χ1v) is 9.93. The average Bonchev–Trinajstić information content (AvgIpc) is 3.38. The van der Waals surface area contributed by atoms with E-state index in [-0.39, 0.29) is 28.3 Å². The van der Waals surface area contributed by atoms with Crippen LogP contribution in [0, 0.1) is 5.82 Å². The van der Waals surface area contributed by atoms with Crippen molar-refractivity contribution in [2.45, 2.75) is 49.8 Å². The van der Waals surface area contributed by atoms with Gasteiger partial charge >= 0.3 is 0 Å². The molecule has 1 fully saturated rings. The molecule has 7 heteroatoms. The second-order valence-electron chi connectivity index (χ2n) is 6.58. The van der Waals surface area contributed by atoms with Crippen molar-refractivity contribution in [2.75, 3.05) is 5.75 Å². The van der Waals surface area contributed by atoms with Crippen LogP contribution in [0.1, 0.15) is 38.5 Å². The standard InChI is InChI=1S/C19H20FN3O2S/c20-16-9-5-4-8-15(16)18-21-22-19(25-18)26-12-17(24)23(14-10-11-14)13-6-2-1-3-7-13/h4-6,8-9,14H,1-3,7,10-12H2. The molecule has 0 N–H and O–H groups in total. The summed E-state index contributed by atoms with van der Waals surface area (Å²) in [5.74, 6) is 0.0449. The summed E-state index contributed by atoms with van der Waals surface area (Å²) in [7, 11) is 0. The Hall–Kier alpha value is -2.15. The second kappa shape index (κ2) is 7.61. The number of nitrogens with zero attached hydrogens (tertiary/aromatic N) is 3. The fraction of sp³-hybridized carbons (Fsp3) is 0.421. The number of carbonyl (C=O) groups excluding carboxylic acids is 1. The lowest BCUT2D eigenvalue weighted by Gasteiger charge is -2.27. The molecule has 0 spiro atoms. The molecule has 4 rings (SSSR count). The minimum atomic E-state index is -0.409. The van der Waals surface area contributed by atoms with Gasteiger partial charge in [0.1, 0.15) is 5.82 Å². The predicted octanol–water partition coefficient (Wildman–Crippen LogP) is 4.42. The zero-order valence-corrected chi connectivity index (χ0v) is 15.2. The van der Waals surface area contributed by atoms with Crippen molar-refractivity contribution in [1.29, 1.82) is 0 Å². The van der Waals surface area contributed by atoms with Crippen LogP contribution in [0.3, 0.4) is 0 Å². The monoisotopic (exact) mass is 373 g/mol. The topological polar surface area (TPSA) is 59.2 Å². The van der Waals surface area contributed by atoms with Gasteiger partial charge in [0.05, 0.1) is 11.3 Å². The molecule has 0 unspecified atom stereocenters. The molecule has 1 aromatic heterocycles. The van der Waals surface area contributed by atoms with E-state index in [1.807, 2.05) is 4.90 Å². The molecule has 1 heterocycles. The van der Waals surface area contributed by atoms with Crippen molar-refractivity contribution in [2.24, 2.45) is 0 Å². The number of allylic oxidation sites excluding steroid dienone is 2. The van der Waals surface area contributed by atoms with Crippen molar-refractivity contribution >= 4 is 17.7 Å². The van der Waals surface area contributed by atoms with Gasteiger partial charge in [0.2, 0.25) is 5.91 Å². The number of rotatable bonds is 6. The Morgan fingerprint density at radius 2 is 2.12 bits per heavy atom. The summed E-state index contributed by atoms with van der Waals surface area (Å²) in [5.41, 5.74) is 1.44. The molecule has 1 saturated carbocycles. The van der Waals surface area contributed by atoms with Crippen LogP contribution in [0.15, 0.2) is 45.7 Å². The first-order valence-electron chi connectivity index (χ1n) is 8.94. The van der Waals surface area contributed by atoms with Gasteiger partial charge in [0, 0.05) is 11.7 Å². The lowest BCUT2D eigenvalue weighted by molar-refractivity contribution is -0.127. The Bertz CT molecular complexity index is 832. The predicted molar refractivity (Wildman–Crippen MR) is 96.8 cm³/mol. The highest BCUT2D eigenvalue weighted by Crippen LogP contribution is 2.34. The largest absolute Gasteiger partial charge is 0.411 e. The Labute approximate surface area is 155 Å². The smallest absolute Gasteiger partial charge is 0.277 e. The van der Waals surface area contributed by atoms with Gasteiger partial charge in [-0.05, 0) is 50.7 Å². The third kappa shape index (κ3) is 3.82. The van der Waals surface area contributed by atoms with Crippen molar-refractivity contribution in [3.63, 3.8) is 0 Å². The van der Waals surface area contributed by atoms with Crippen LogP contribution < -0.4 is 0 Å². The van der Waals surface area contributed by atoms with Crippen LogP contribution >= 0.6 is 11.8 Å². The van der Waals surface area contributed by atoms with Crippen LogP contribution in [0.4, 0.5) is 4.39 Å². The molecule has 0 bridgehead atoms. The number of thioether (sulfide) groups is 1. The van der Waals surface area contributed by atoms with Gasteiger partial charge < -0.3 is 9.32 Å². The van der Waals surface area contributed by atoms with Gasteiger partial charge in [-0.15, -0.1) is 10.2 Å². The van der Waals surface area contributed by atoms with E-state index in [1.165, 1.54) is 29.9 Å². The molecule has 0 aliphatic heterocycles. The van der Waals surface area contributed by atoms with E-state index in [0.29, 0.717) is 6.04 Å². The number of hydrogen-bond donors (Lipinski definition) is 0. The van der Waals surface area contributed by atoms with E-state index in [0.717, 1.165) is 32.1 Å². The highest BCUT2D eigenvalue weighted by Gasteiger charge is 2.35.